The molecule has 3 nitrogen and oxygen atoms in total. The van der Waals surface area contributed by atoms with Crippen molar-refractivity contribution >= 4 is 12.6 Å². The van der Waals surface area contributed by atoms with E-state index in [9.17, 15) is 0 Å². The Kier molecular flexibility index (Phi) is 3.76. The van der Waals surface area contributed by atoms with Crippen LogP contribution in [0.1, 0.15) is 52.3 Å². The lowest BCUT2D eigenvalue weighted by Gasteiger charge is -2.32. The van der Waals surface area contributed by atoms with Gasteiger partial charge in [0.2, 0.25) is 0 Å². The highest BCUT2D eigenvalue weighted by atomic mass is 16.7. The highest BCUT2D eigenvalue weighted by Gasteiger charge is 2.52. The Bertz CT molecular complexity index is 455. The van der Waals surface area contributed by atoms with E-state index in [2.05, 4.69) is 52.6 Å². The zero-order valence-electron chi connectivity index (χ0n) is 12.9. The lowest BCUT2D eigenvalue weighted by atomic mass is 9.77. The highest BCUT2D eigenvalue weighted by Crippen LogP contribution is 2.36. The van der Waals surface area contributed by atoms with E-state index in [1.165, 1.54) is 5.56 Å². The van der Waals surface area contributed by atoms with Crippen LogP contribution in [0.2, 0.25) is 0 Å². The summed E-state index contributed by atoms with van der Waals surface area (Å²) in [6.45, 7) is 12.5. The molecule has 4 heteroatoms. The summed E-state index contributed by atoms with van der Waals surface area (Å²) in [4.78, 5) is 4.51. The molecule has 2 heterocycles. The van der Waals surface area contributed by atoms with Gasteiger partial charge in [0.05, 0.1) is 11.2 Å². The SMILES string of the molecule is CCCc1cc(C)c(B2OC(C)(C)C(C)(C)O2)cn1. The predicted octanol–water partition coefficient (Wildman–Crippen LogP) is 2.64. The maximum Gasteiger partial charge on any atom is 0.496 e. The Morgan fingerprint density at radius 3 is 2.21 bits per heavy atom. The van der Waals surface area contributed by atoms with Crippen LogP contribution in [0.3, 0.4) is 0 Å². The lowest BCUT2D eigenvalue weighted by Crippen LogP contribution is -2.41. The van der Waals surface area contributed by atoms with Crippen molar-refractivity contribution in [1.82, 2.24) is 4.98 Å². The van der Waals surface area contributed by atoms with Crippen LogP contribution in [-0.2, 0) is 15.7 Å². The van der Waals surface area contributed by atoms with Gasteiger partial charge in [-0.15, -0.1) is 0 Å². The van der Waals surface area contributed by atoms with Crippen molar-refractivity contribution in [1.29, 1.82) is 0 Å². The summed E-state index contributed by atoms with van der Waals surface area (Å²) < 4.78 is 12.1. The van der Waals surface area contributed by atoms with E-state index < -0.39 is 0 Å². The van der Waals surface area contributed by atoms with Gasteiger partial charge in [-0.05, 0) is 52.7 Å². The quantitative estimate of drug-likeness (QED) is 0.784. The van der Waals surface area contributed by atoms with Crippen molar-refractivity contribution in [3.05, 3.63) is 23.5 Å². The maximum atomic E-state index is 6.07. The molecule has 1 saturated heterocycles. The second kappa shape index (κ2) is 4.91. The molecule has 104 valence electrons. The summed E-state index contributed by atoms with van der Waals surface area (Å²) in [7, 11) is -0.312. The van der Waals surface area contributed by atoms with E-state index in [-0.39, 0.29) is 18.3 Å². The van der Waals surface area contributed by atoms with Gasteiger partial charge in [-0.3, -0.25) is 4.98 Å². The number of rotatable bonds is 3. The summed E-state index contributed by atoms with van der Waals surface area (Å²) in [6.07, 6.45) is 4.04. The molecule has 1 fully saturated rings. The van der Waals surface area contributed by atoms with Crippen LogP contribution in [0, 0.1) is 6.92 Å². The zero-order valence-corrected chi connectivity index (χ0v) is 12.9. The van der Waals surface area contributed by atoms with Gasteiger partial charge in [0.1, 0.15) is 0 Å². The molecule has 0 bridgehead atoms. The molecule has 1 aliphatic heterocycles. The Morgan fingerprint density at radius 2 is 1.74 bits per heavy atom. The average Bonchev–Trinajstić information content (AvgIpc) is 2.48. The van der Waals surface area contributed by atoms with Gasteiger partial charge in [0.15, 0.2) is 0 Å². The molecule has 19 heavy (non-hydrogen) atoms. The Balaban J connectivity index is 2.25. The van der Waals surface area contributed by atoms with Crippen molar-refractivity contribution < 1.29 is 9.31 Å². The van der Waals surface area contributed by atoms with Crippen LogP contribution in [-0.4, -0.2) is 23.3 Å². The number of hydrogen-bond acceptors (Lipinski definition) is 3. The first-order valence-electron chi connectivity index (χ1n) is 7.08. The predicted molar refractivity (Wildman–Crippen MR) is 78.7 cm³/mol. The summed E-state index contributed by atoms with van der Waals surface area (Å²) in [5, 5.41) is 0. The van der Waals surface area contributed by atoms with Gasteiger partial charge in [0, 0.05) is 17.4 Å². The standard InChI is InChI=1S/C15H24BNO2/c1-7-8-12-9-11(2)13(10-17-12)16-18-14(3,4)15(5,6)19-16/h9-10H,7-8H2,1-6H3. The van der Waals surface area contributed by atoms with Crippen molar-refractivity contribution in [3.63, 3.8) is 0 Å². The topological polar surface area (TPSA) is 31.4 Å². The van der Waals surface area contributed by atoms with Gasteiger partial charge in [-0.25, -0.2) is 0 Å². The van der Waals surface area contributed by atoms with Crippen LogP contribution in [0.4, 0.5) is 0 Å². The number of hydrogen-bond donors (Lipinski definition) is 0. The second-order valence-corrected chi connectivity index (χ2v) is 6.37. The molecule has 1 aromatic rings. The molecule has 0 aliphatic carbocycles. The average molecular weight is 261 g/mol. The molecule has 0 N–H and O–H groups in total. The Labute approximate surface area is 116 Å². The smallest absolute Gasteiger partial charge is 0.399 e. The van der Waals surface area contributed by atoms with Crippen molar-refractivity contribution in [3.8, 4) is 0 Å². The van der Waals surface area contributed by atoms with E-state index in [0.29, 0.717) is 0 Å². The van der Waals surface area contributed by atoms with Crippen LogP contribution in [0.15, 0.2) is 12.3 Å². The molecular formula is C15H24BNO2. The van der Waals surface area contributed by atoms with E-state index in [1.54, 1.807) is 0 Å². The van der Waals surface area contributed by atoms with Gasteiger partial charge < -0.3 is 9.31 Å². The number of nitrogens with zero attached hydrogens (tertiary/aromatic N) is 1. The maximum absolute atomic E-state index is 6.07. The molecule has 1 aromatic heterocycles. The molecular weight excluding hydrogens is 237 g/mol. The van der Waals surface area contributed by atoms with E-state index in [4.69, 9.17) is 9.31 Å². The Hall–Kier alpha value is -0.865. The first-order chi connectivity index (χ1) is 8.77. The minimum absolute atomic E-state index is 0.299. The molecule has 0 atom stereocenters. The third-order valence-electron chi connectivity index (χ3n) is 4.22. The first kappa shape index (κ1) is 14.5. The molecule has 1 aliphatic rings. The van der Waals surface area contributed by atoms with Crippen molar-refractivity contribution in [2.75, 3.05) is 0 Å². The molecule has 0 unspecified atom stereocenters. The Morgan fingerprint density at radius 1 is 1.16 bits per heavy atom. The summed E-state index contributed by atoms with van der Waals surface area (Å²) in [6, 6.07) is 2.14. The number of aromatic nitrogens is 1. The zero-order chi connectivity index (χ0) is 14.3. The normalized spacial score (nSPS) is 20.8. The largest absolute Gasteiger partial charge is 0.496 e. The van der Waals surface area contributed by atoms with Crippen LogP contribution < -0.4 is 5.46 Å². The molecule has 0 spiro atoms. The first-order valence-corrected chi connectivity index (χ1v) is 7.08. The van der Waals surface area contributed by atoms with Gasteiger partial charge in [-0.1, -0.05) is 13.3 Å². The highest BCUT2D eigenvalue weighted by molar-refractivity contribution is 6.62. The van der Waals surface area contributed by atoms with E-state index in [1.807, 2.05) is 6.20 Å². The fourth-order valence-corrected chi connectivity index (χ4v) is 2.23. The number of pyridine rings is 1. The molecule has 0 aromatic carbocycles. The van der Waals surface area contributed by atoms with Crippen LogP contribution in [0.25, 0.3) is 0 Å². The van der Waals surface area contributed by atoms with Crippen molar-refractivity contribution in [2.24, 2.45) is 0 Å². The fraction of sp³-hybridized carbons (Fsp3) is 0.667. The lowest BCUT2D eigenvalue weighted by molar-refractivity contribution is 0.00578. The van der Waals surface area contributed by atoms with Crippen LogP contribution in [0.5, 0.6) is 0 Å². The van der Waals surface area contributed by atoms with Gasteiger partial charge in [-0.2, -0.15) is 0 Å². The van der Waals surface area contributed by atoms with Gasteiger partial charge >= 0.3 is 7.12 Å². The number of aryl methyl sites for hydroxylation is 2. The monoisotopic (exact) mass is 261 g/mol. The molecule has 0 amide bonds. The minimum Gasteiger partial charge on any atom is -0.399 e. The molecule has 2 rings (SSSR count). The van der Waals surface area contributed by atoms with E-state index >= 15 is 0 Å². The molecule has 0 saturated carbocycles. The fourth-order valence-electron chi connectivity index (χ4n) is 2.23. The van der Waals surface area contributed by atoms with E-state index in [0.717, 1.165) is 24.0 Å². The summed E-state index contributed by atoms with van der Waals surface area (Å²) >= 11 is 0. The van der Waals surface area contributed by atoms with Crippen molar-refractivity contribution in [2.45, 2.75) is 65.6 Å². The second-order valence-electron chi connectivity index (χ2n) is 6.37. The van der Waals surface area contributed by atoms with Crippen LogP contribution >= 0.6 is 0 Å². The summed E-state index contributed by atoms with van der Waals surface area (Å²) in [5.41, 5.74) is 2.77. The summed E-state index contributed by atoms with van der Waals surface area (Å²) in [5.74, 6) is 0. The van der Waals surface area contributed by atoms with Gasteiger partial charge in [0.25, 0.3) is 0 Å². The third kappa shape index (κ3) is 2.70. The minimum atomic E-state index is -0.312. The molecule has 0 radical (unpaired) electrons. The third-order valence-corrected chi connectivity index (χ3v) is 4.22.